The van der Waals surface area contributed by atoms with Gasteiger partial charge in [0, 0.05) is 30.5 Å². The minimum Gasteiger partial charge on any atom is -0.454 e. The van der Waals surface area contributed by atoms with E-state index >= 15 is 0 Å². The van der Waals surface area contributed by atoms with Crippen molar-refractivity contribution >= 4 is 21.8 Å². The molecule has 0 N–H and O–H groups in total. The maximum Gasteiger partial charge on any atom is 0.255 e. The van der Waals surface area contributed by atoms with E-state index in [4.69, 9.17) is 9.47 Å². The molecule has 0 saturated carbocycles. The Kier molecular flexibility index (Phi) is 3.79. The highest BCUT2D eigenvalue weighted by molar-refractivity contribution is 9.10. The number of aromatic nitrogens is 1. The van der Waals surface area contributed by atoms with Gasteiger partial charge in [0.1, 0.15) is 0 Å². The van der Waals surface area contributed by atoms with Crippen molar-refractivity contribution in [3.8, 4) is 11.5 Å². The summed E-state index contributed by atoms with van der Waals surface area (Å²) < 4.78 is 11.4. The van der Waals surface area contributed by atoms with Gasteiger partial charge in [-0.15, -0.1) is 0 Å². The molecule has 21 heavy (non-hydrogen) atoms. The van der Waals surface area contributed by atoms with Gasteiger partial charge in [-0.3, -0.25) is 9.78 Å². The number of halogens is 1. The average molecular weight is 349 g/mol. The van der Waals surface area contributed by atoms with Crippen molar-refractivity contribution in [2.24, 2.45) is 0 Å². The Balaban J connectivity index is 1.74. The molecule has 0 spiro atoms. The number of pyridine rings is 1. The van der Waals surface area contributed by atoms with E-state index < -0.39 is 0 Å². The van der Waals surface area contributed by atoms with Crippen LogP contribution in [0.3, 0.4) is 0 Å². The average Bonchev–Trinajstić information content (AvgIpc) is 2.94. The maximum atomic E-state index is 12.3. The number of carbonyl (C=O) groups is 1. The van der Waals surface area contributed by atoms with E-state index in [1.165, 1.54) is 0 Å². The molecule has 2 heterocycles. The van der Waals surface area contributed by atoms with Gasteiger partial charge in [0.05, 0.1) is 5.56 Å². The first kappa shape index (κ1) is 13.9. The molecule has 108 valence electrons. The van der Waals surface area contributed by atoms with Crippen LogP contribution >= 0.6 is 15.9 Å². The summed E-state index contributed by atoms with van der Waals surface area (Å²) in [4.78, 5) is 18.0. The number of fused-ring (bicyclic) bond motifs is 1. The second-order valence-corrected chi connectivity index (χ2v) is 5.66. The van der Waals surface area contributed by atoms with Gasteiger partial charge >= 0.3 is 0 Å². The van der Waals surface area contributed by atoms with Gasteiger partial charge in [-0.1, -0.05) is 6.07 Å². The van der Waals surface area contributed by atoms with Gasteiger partial charge in [-0.25, -0.2) is 0 Å². The molecule has 6 heteroatoms. The van der Waals surface area contributed by atoms with Crippen molar-refractivity contribution in [1.29, 1.82) is 0 Å². The Hall–Kier alpha value is -2.08. The number of carbonyl (C=O) groups excluding carboxylic acids is 1. The molecule has 0 aliphatic carbocycles. The Morgan fingerprint density at radius 2 is 2.10 bits per heavy atom. The third kappa shape index (κ3) is 3.00. The van der Waals surface area contributed by atoms with Crippen molar-refractivity contribution in [3.63, 3.8) is 0 Å². The van der Waals surface area contributed by atoms with Crippen LogP contribution in [0.1, 0.15) is 15.9 Å². The van der Waals surface area contributed by atoms with Crippen LogP contribution in [0.4, 0.5) is 0 Å². The van der Waals surface area contributed by atoms with Crippen LogP contribution in [0.15, 0.2) is 41.1 Å². The second-order valence-electron chi connectivity index (χ2n) is 4.74. The van der Waals surface area contributed by atoms with Crippen molar-refractivity contribution in [1.82, 2.24) is 9.88 Å². The van der Waals surface area contributed by atoms with Gasteiger partial charge < -0.3 is 14.4 Å². The first-order valence-electron chi connectivity index (χ1n) is 6.38. The predicted molar refractivity (Wildman–Crippen MR) is 80.3 cm³/mol. The number of hydrogen-bond acceptors (Lipinski definition) is 4. The van der Waals surface area contributed by atoms with Crippen molar-refractivity contribution in [2.75, 3.05) is 13.8 Å². The van der Waals surface area contributed by atoms with Crippen LogP contribution in [0, 0.1) is 0 Å². The van der Waals surface area contributed by atoms with Gasteiger partial charge in [0.15, 0.2) is 11.5 Å². The molecular weight excluding hydrogens is 336 g/mol. The monoisotopic (exact) mass is 348 g/mol. The SMILES string of the molecule is CN(Cc1ccc2c(c1)OCO2)C(=O)c1cncc(Br)c1. The molecule has 0 unspecified atom stereocenters. The Morgan fingerprint density at radius 3 is 2.90 bits per heavy atom. The highest BCUT2D eigenvalue weighted by Gasteiger charge is 2.16. The first-order valence-corrected chi connectivity index (χ1v) is 7.17. The minimum absolute atomic E-state index is 0.0820. The molecule has 0 atom stereocenters. The first-order chi connectivity index (χ1) is 10.1. The summed E-state index contributed by atoms with van der Waals surface area (Å²) in [5.41, 5.74) is 1.53. The molecule has 1 aliphatic rings. The smallest absolute Gasteiger partial charge is 0.255 e. The van der Waals surface area contributed by atoms with Crippen LogP contribution in [-0.2, 0) is 6.54 Å². The summed E-state index contributed by atoms with van der Waals surface area (Å²) in [5.74, 6) is 1.38. The van der Waals surface area contributed by atoms with E-state index in [0.717, 1.165) is 21.5 Å². The highest BCUT2D eigenvalue weighted by atomic mass is 79.9. The largest absolute Gasteiger partial charge is 0.454 e. The van der Waals surface area contributed by atoms with Crippen molar-refractivity contribution in [2.45, 2.75) is 6.54 Å². The lowest BCUT2D eigenvalue weighted by molar-refractivity contribution is 0.0784. The molecular formula is C15H13BrN2O3. The van der Waals surface area contributed by atoms with Crippen LogP contribution in [0.2, 0.25) is 0 Å². The highest BCUT2D eigenvalue weighted by Crippen LogP contribution is 2.32. The quantitative estimate of drug-likeness (QED) is 0.855. The zero-order valence-electron chi connectivity index (χ0n) is 11.4. The Bertz CT molecular complexity index is 690. The molecule has 0 fully saturated rings. The molecule has 1 amide bonds. The lowest BCUT2D eigenvalue weighted by Crippen LogP contribution is -2.26. The number of hydrogen-bond donors (Lipinski definition) is 0. The van der Waals surface area contributed by atoms with E-state index in [0.29, 0.717) is 12.1 Å². The van der Waals surface area contributed by atoms with Gasteiger partial charge in [0.2, 0.25) is 6.79 Å². The number of rotatable bonds is 3. The standard InChI is InChI=1S/C15H13BrN2O3/c1-18(15(19)11-5-12(16)7-17-6-11)8-10-2-3-13-14(4-10)21-9-20-13/h2-7H,8-9H2,1H3. The summed E-state index contributed by atoms with van der Waals surface area (Å²) in [6.45, 7) is 0.735. The van der Waals surface area contributed by atoms with E-state index in [9.17, 15) is 4.79 Å². The molecule has 1 aromatic carbocycles. The number of nitrogens with zero attached hydrogens (tertiary/aromatic N) is 2. The molecule has 2 aromatic rings. The van der Waals surface area contributed by atoms with Gasteiger partial charge in [0.25, 0.3) is 5.91 Å². The van der Waals surface area contributed by atoms with Crippen molar-refractivity contribution in [3.05, 3.63) is 52.3 Å². The molecule has 1 aliphatic heterocycles. The van der Waals surface area contributed by atoms with E-state index in [-0.39, 0.29) is 12.7 Å². The second kappa shape index (κ2) is 5.73. The lowest BCUT2D eigenvalue weighted by atomic mass is 10.1. The topological polar surface area (TPSA) is 51.7 Å². The maximum absolute atomic E-state index is 12.3. The lowest BCUT2D eigenvalue weighted by Gasteiger charge is -2.17. The summed E-state index contributed by atoms with van der Waals surface area (Å²) in [6, 6.07) is 7.43. The third-order valence-electron chi connectivity index (χ3n) is 3.16. The molecule has 1 aromatic heterocycles. The van der Waals surface area contributed by atoms with E-state index in [2.05, 4.69) is 20.9 Å². The molecule has 0 bridgehead atoms. The third-order valence-corrected chi connectivity index (χ3v) is 3.59. The number of amides is 1. The minimum atomic E-state index is -0.0820. The zero-order valence-corrected chi connectivity index (χ0v) is 13.0. The summed E-state index contributed by atoms with van der Waals surface area (Å²) in [6.07, 6.45) is 3.21. The predicted octanol–water partition coefficient (Wildman–Crippen LogP) is 2.85. The van der Waals surface area contributed by atoms with Crippen LogP contribution in [0.25, 0.3) is 0 Å². The van der Waals surface area contributed by atoms with Crippen LogP contribution < -0.4 is 9.47 Å². The Morgan fingerprint density at radius 1 is 1.29 bits per heavy atom. The van der Waals surface area contributed by atoms with Gasteiger partial charge in [-0.05, 0) is 39.7 Å². The fourth-order valence-electron chi connectivity index (χ4n) is 2.13. The molecule has 3 rings (SSSR count). The number of ether oxygens (including phenoxy) is 2. The van der Waals surface area contributed by atoms with E-state index in [1.807, 2.05) is 18.2 Å². The summed E-state index contributed by atoms with van der Waals surface area (Å²) >= 11 is 3.32. The summed E-state index contributed by atoms with van der Waals surface area (Å²) in [5, 5.41) is 0. The molecule has 0 saturated heterocycles. The molecule has 5 nitrogen and oxygen atoms in total. The fourth-order valence-corrected chi connectivity index (χ4v) is 2.50. The fraction of sp³-hybridized carbons (Fsp3) is 0.200. The van der Waals surface area contributed by atoms with E-state index in [1.54, 1.807) is 30.4 Å². The van der Waals surface area contributed by atoms with Crippen molar-refractivity contribution < 1.29 is 14.3 Å². The Labute approximate surface area is 130 Å². The van der Waals surface area contributed by atoms with Gasteiger partial charge in [-0.2, -0.15) is 0 Å². The number of benzene rings is 1. The molecule has 0 radical (unpaired) electrons. The summed E-state index contributed by atoms with van der Waals surface area (Å²) in [7, 11) is 1.76. The van der Waals surface area contributed by atoms with Crippen LogP contribution in [0.5, 0.6) is 11.5 Å². The normalized spacial score (nSPS) is 12.3. The van der Waals surface area contributed by atoms with Crippen LogP contribution in [-0.4, -0.2) is 29.6 Å². The zero-order chi connectivity index (χ0) is 14.8.